The summed E-state index contributed by atoms with van der Waals surface area (Å²) in [4.78, 5) is 19.3. The molecule has 5 heteroatoms. The third-order valence-electron chi connectivity index (χ3n) is 1.96. The van der Waals surface area contributed by atoms with Gasteiger partial charge in [-0.15, -0.1) is 0 Å². The maximum Gasteiger partial charge on any atom is 0.229 e. The van der Waals surface area contributed by atoms with Gasteiger partial charge in [-0.2, -0.15) is 0 Å². The highest BCUT2D eigenvalue weighted by Gasteiger charge is 2.14. The first kappa shape index (κ1) is 10.6. The van der Waals surface area contributed by atoms with Crippen LogP contribution in [0, 0.1) is 5.92 Å². The molecular weight excluding hydrogens is 180 g/mol. The van der Waals surface area contributed by atoms with Gasteiger partial charge in [-0.25, -0.2) is 4.98 Å². The molecule has 0 aliphatic heterocycles. The van der Waals surface area contributed by atoms with Crippen LogP contribution in [0.2, 0.25) is 0 Å². The molecule has 0 bridgehead atoms. The number of rotatable bonds is 4. The van der Waals surface area contributed by atoms with Crippen LogP contribution in [0.5, 0.6) is 0 Å². The minimum atomic E-state index is -0.156. The Bertz CT molecular complexity index is 284. The van der Waals surface area contributed by atoms with Gasteiger partial charge in [-0.3, -0.25) is 9.78 Å². The number of nitrogens with one attached hydrogen (secondary N) is 1. The first-order chi connectivity index (χ1) is 6.77. The van der Waals surface area contributed by atoms with Gasteiger partial charge in [0.2, 0.25) is 5.91 Å². The van der Waals surface area contributed by atoms with Crippen LogP contribution in [0.1, 0.15) is 13.3 Å². The SMILES string of the molecule is CCC(CN)C(=O)Nc1cnccn1. The number of hydrogen-bond acceptors (Lipinski definition) is 4. The summed E-state index contributed by atoms with van der Waals surface area (Å²) in [7, 11) is 0. The highest BCUT2D eigenvalue weighted by atomic mass is 16.1. The van der Waals surface area contributed by atoms with E-state index in [4.69, 9.17) is 5.73 Å². The molecule has 0 spiro atoms. The van der Waals surface area contributed by atoms with Crippen LogP contribution in [0.3, 0.4) is 0 Å². The van der Waals surface area contributed by atoms with Gasteiger partial charge in [-0.05, 0) is 6.42 Å². The van der Waals surface area contributed by atoms with E-state index in [0.717, 1.165) is 6.42 Å². The normalized spacial score (nSPS) is 12.1. The summed E-state index contributed by atoms with van der Waals surface area (Å²) in [6.07, 6.45) is 5.30. The molecule has 0 saturated carbocycles. The van der Waals surface area contributed by atoms with Gasteiger partial charge in [0.05, 0.1) is 12.1 Å². The van der Waals surface area contributed by atoms with E-state index >= 15 is 0 Å². The largest absolute Gasteiger partial charge is 0.330 e. The average Bonchev–Trinajstić information content (AvgIpc) is 2.21. The van der Waals surface area contributed by atoms with Crippen LogP contribution in [-0.2, 0) is 4.79 Å². The minimum Gasteiger partial charge on any atom is -0.330 e. The quantitative estimate of drug-likeness (QED) is 0.727. The first-order valence-corrected chi connectivity index (χ1v) is 4.54. The van der Waals surface area contributed by atoms with E-state index in [1.807, 2.05) is 6.92 Å². The van der Waals surface area contributed by atoms with Crippen molar-refractivity contribution in [2.45, 2.75) is 13.3 Å². The van der Waals surface area contributed by atoms with Crippen molar-refractivity contribution in [2.75, 3.05) is 11.9 Å². The zero-order valence-electron chi connectivity index (χ0n) is 8.10. The average molecular weight is 194 g/mol. The lowest BCUT2D eigenvalue weighted by Crippen LogP contribution is -2.28. The standard InChI is InChI=1S/C9H14N4O/c1-2-7(5-10)9(14)13-8-6-11-3-4-12-8/h3-4,6-7H,2,5,10H2,1H3,(H,12,13,14). The van der Waals surface area contributed by atoms with Crippen LogP contribution in [0.25, 0.3) is 0 Å². The molecule has 1 aromatic heterocycles. The zero-order chi connectivity index (χ0) is 10.4. The smallest absolute Gasteiger partial charge is 0.229 e. The molecule has 0 radical (unpaired) electrons. The van der Waals surface area contributed by atoms with Crippen molar-refractivity contribution in [1.29, 1.82) is 0 Å². The second kappa shape index (κ2) is 5.29. The highest BCUT2D eigenvalue weighted by Crippen LogP contribution is 2.05. The number of aromatic nitrogens is 2. The Balaban J connectivity index is 2.57. The van der Waals surface area contributed by atoms with Gasteiger partial charge in [0.1, 0.15) is 0 Å². The first-order valence-electron chi connectivity index (χ1n) is 4.54. The molecule has 14 heavy (non-hydrogen) atoms. The number of nitrogens with two attached hydrogens (primary N) is 1. The summed E-state index contributed by atoms with van der Waals surface area (Å²) >= 11 is 0. The van der Waals surface area contributed by atoms with E-state index in [1.165, 1.54) is 12.4 Å². The van der Waals surface area contributed by atoms with Crippen LogP contribution in [0.15, 0.2) is 18.6 Å². The Hall–Kier alpha value is -1.49. The predicted octanol–water partition coefficient (Wildman–Crippen LogP) is 0.400. The number of carbonyl (C=O) groups is 1. The minimum absolute atomic E-state index is 0.101. The summed E-state index contributed by atoms with van der Waals surface area (Å²) in [5.74, 6) is 0.205. The van der Waals surface area contributed by atoms with Gasteiger partial charge in [0, 0.05) is 18.9 Å². The molecule has 0 aliphatic carbocycles. The molecule has 76 valence electrons. The molecule has 0 aromatic carbocycles. The maximum absolute atomic E-state index is 11.5. The summed E-state index contributed by atoms with van der Waals surface area (Å²) in [5.41, 5.74) is 5.44. The second-order valence-corrected chi connectivity index (χ2v) is 2.92. The molecule has 1 atom stereocenters. The van der Waals surface area contributed by atoms with Crippen molar-refractivity contribution < 1.29 is 4.79 Å². The fourth-order valence-corrected chi connectivity index (χ4v) is 1.05. The summed E-state index contributed by atoms with van der Waals surface area (Å²) < 4.78 is 0. The Morgan fingerprint density at radius 3 is 2.93 bits per heavy atom. The molecule has 0 saturated heterocycles. The Morgan fingerprint density at radius 1 is 1.64 bits per heavy atom. The zero-order valence-corrected chi connectivity index (χ0v) is 8.10. The second-order valence-electron chi connectivity index (χ2n) is 2.92. The van der Waals surface area contributed by atoms with E-state index in [-0.39, 0.29) is 11.8 Å². The Morgan fingerprint density at radius 2 is 2.43 bits per heavy atom. The van der Waals surface area contributed by atoms with Crippen LogP contribution >= 0.6 is 0 Å². The van der Waals surface area contributed by atoms with Crippen molar-refractivity contribution in [3.63, 3.8) is 0 Å². The monoisotopic (exact) mass is 194 g/mol. The van der Waals surface area contributed by atoms with Crippen molar-refractivity contribution >= 4 is 11.7 Å². The third-order valence-corrected chi connectivity index (χ3v) is 1.96. The molecule has 0 fully saturated rings. The number of anilines is 1. The summed E-state index contributed by atoms with van der Waals surface area (Å²) in [6, 6.07) is 0. The lowest BCUT2D eigenvalue weighted by Gasteiger charge is -2.11. The van der Waals surface area contributed by atoms with Crippen LogP contribution in [-0.4, -0.2) is 22.4 Å². The van der Waals surface area contributed by atoms with Gasteiger partial charge < -0.3 is 11.1 Å². The van der Waals surface area contributed by atoms with Crippen molar-refractivity contribution in [1.82, 2.24) is 9.97 Å². The molecule has 0 aliphatic rings. The van der Waals surface area contributed by atoms with Crippen molar-refractivity contribution in [2.24, 2.45) is 11.7 Å². The topological polar surface area (TPSA) is 80.9 Å². The Labute approximate surface area is 82.7 Å². The Kier molecular flexibility index (Phi) is 4.00. The lowest BCUT2D eigenvalue weighted by atomic mass is 10.1. The molecule has 1 rings (SSSR count). The molecular formula is C9H14N4O. The summed E-state index contributed by atoms with van der Waals surface area (Å²) in [5, 5.41) is 2.65. The number of amides is 1. The van der Waals surface area contributed by atoms with Crippen LogP contribution < -0.4 is 11.1 Å². The number of hydrogen-bond donors (Lipinski definition) is 2. The molecule has 5 nitrogen and oxygen atoms in total. The summed E-state index contributed by atoms with van der Waals surface area (Å²) in [6.45, 7) is 2.27. The molecule has 1 heterocycles. The predicted molar refractivity (Wildman–Crippen MR) is 53.5 cm³/mol. The molecule has 1 aromatic rings. The van der Waals surface area contributed by atoms with E-state index in [1.54, 1.807) is 6.20 Å². The molecule has 1 amide bonds. The van der Waals surface area contributed by atoms with E-state index in [0.29, 0.717) is 12.4 Å². The lowest BCUT2D eigenvalue weighted by molar-refractivity contribution is -0.119. The fraction of sp³-hybridized carbons (Fsp3) is 0.444. The molecule has 1 unspecified atom stereocenters. The van der Waals surface area contributed by atoms with E-state index < -0.39 is 0 Å². The molecule has 3 N–H and O–H groups in total. The van der Waals surface area contributed by atoms with E-state index in [2.05, 4.69) is 15.3 Å². The maximum atomic E-state index is 11.5. The van der Waals surface area contributed by atoms with Gasteiger partial charge in [0.25, 0.3) is 0 Å². The third kappa shape index (κ3) is 2.77. The van der Waals surface area contributed by atoms with Gasteiger partial charge >= 0.3 is 0 Å². The van der Waals surface area contributed by atoms with Gasteiger partial charge in [-0.1, -0.05) is 6.92 Å². The number of nitrogens with zero attached hydrogens (tertiary/aromatic N) is 2. The van der Waals surface area contributed by atoms with Crippen molar-refractivity contribution in [3.05, 3.63) is 18.6 Å². The van der Waals surface area contributed by atoms with Gasteiger partial charge in [0.15, 0.2) is 5.82 Å². The van der Waals surface area contributed by atoms with Crippen molar-refractivity contribution in [3.8, 4) is 0 Å². The number of carbonyl (C=O) groups excluding carboxylic acids is 1. The van der Waals surface area contributed by atoms with E-state index in [9.17, 15) is 4.79 Å². The highest BCUT2D eigenvalue weighted by molar-refractivity contribution is 5.91. The fourth-order valence-electron chi connectivity index (χ4n) is 1.05. The van der Waals surface area contributed by atoms with Crippen LogP contribution in [0.4, 0.5) is 5.82 Å².